The van der Waals surface area contributed by atoms with Gasteiger partial charge >= 0.3 is 0 Å². The summed E-state index contributed by atoms with van der Waals surface area (Å²) >= 11 is 8.84. The first-order chi connectivity index (χ1) is 9.70. The lowest BCUT2D eigenvalue weighted by atomic mass is 10.2. The maximum absolute atomic E-state index is 13.4. The first-order valence-electron chi connectivity index (χ1n) is 5.74. The third kappa shape index (κ3) is 3.48. The summed E-state index contributed by atoms with van der Waals surface area (Å²) in [6.45, 7) is 1.60. The highest BCUT2D eigenvalue weighted by Gasteiger charge is 2.19. The van der Waals surface area contributed by atoms with E-state index in [-0.39, 0.29) is 25.8 Å². The quantitative estimate of drug-likeness (QED) is 0.776. The molecule has 0 unspecified atom stereocenters. The summed E-state index contributed by atoms with van der Waals surface area (Å²) in [7, 11) is -3.88. The van der Waals surface area contributed by atoms with E-state index in [1.54, 1.807) is 6.92 Å². The molecule has 21 heavy (non-hydrogen) atoms. The molecule has 2 aromatic carbocycles. The van der Waals surface area contributed by atoms with E-state index in [1.807, 2.05) is 0 Å². The summed E-state index contributed by atoms with van der Waals surface area (Å²) in [4.78, 5) is -0.00673. The van der Waals surface area contributed by atoms with Crippen LogP contribution in [0.4, 0.5) is 15.8 Å². The second-order valence-electron chi connectivity index (χ2n) is 4.37. The first-order valence-corrected chi connectivity index (χ1v) is 8.39. The molecular weight excluding hydrogens is 383 g/mol. The number of hydrogen-bond donors (Lipinski definition) is 2. The molecule has 0 aliphatic rings. The first kappa shape index (κ1) is 16.1. The topological polar surface area (TPSA) is 72.2 Å². The average Bonchev–Trinajstić information content (AvgIpc) is 2.37. The Bertz CT molecular complexity index is 812. The Morgan fingerprint density at radius 3 is 2.57 bits per heavy atom. The zero-order chi connectivity index (χ0) is 15.8. The Morgan fingerprint density at radius 2 is 1.95 bits per heavy atom. The van der Waals surface area contributed by atoms with Crippen molar-refractivity contribution >= 4 is 48.9 Å². The van der Waals surface area contributed by atoms with Gasteiger partial charge in [0, 0.05) is 0 Å². The molecule has 112 valence electrons. The number of nitrogens with one attached hydrogen (secondary N) is 1. The molecule has 0 radical (unpaired) electrons. The van der Waals surface area contributed by atoms with E-state index in [2.05, 4.69) is 20.7 Å². The summed E-state index contributed by atoms with van der Waals surface area (Å²) in [5, 5.41) is 0.279. The van der Waals surface area contributed by atoms with Crippen LogP contribution in [0.1, 0.15) is 5.56 Å². The molecule has 2 rings (SSSR count). The molecular formula is C13H11BrClFN2O2S. The van der Waals surface area contributed by atoms with Crippen LogP contribution in [0.2, 0.25) is 5.02 Å². The number of anilines is 2. The van der Waals surface area contributed by atoms with E-state index < -0.39 is 15.8 Å². The van der Waals surface area contributed by atoms with Gasteiger partial charge in [0.15, 0.2) is 0 Å². The predicted octanol–water partition coefficient (Wildman–Crippen LogP) is 3.93. The Morgan fingerprint density at radius 1 is 1.29 bits per heavy atom. The Hall–Kier alpha value is -1.31. The number of rotatable bonds is 3. The van der Waals surface area contributed by atoms with E-state index in [4.69, 9.17) is 17.3 Å². The molecule has 0 aliphatic heterocycles. The van der Waals surface area contributed by atoms with Gasteiger partial charge in [-0.3, -0.25) is 4.72 Å². The maximum atomic E-state index is 13.4. The van der Waals surface area contributed by atoms with Gasteiger partial charge < -0.3 is 5.73 Å². The van der Waals surface area contributed by atoms with Crippen LogP contribution in [-0.2, 0) is 10.0 Å². The fourth-order valence-electron chi connectivity index (χ4n) is 1.73. The standard InChI is InChI=1S/C13H11BrClFN2O2S/c1-7-4-10(15)12(17)6-13(7)21(19,20)18-8-2-3-9(14)11(16)5-8/h2-6,18H,17H2,1H3. The largest absolute Gasteiger partial charge is 0.397 e. The number of hydrogen-bond acceptors (Lipinski definition) is 3. The Kier molecular flexibility index (Phi) is 4.46. The lowest BCUT2D eigenvalue weighted by Gasteiger charge is -2.12. The maximum Gasteiger partial charge on any atom is 0.262 e. The summed E-state index contributed by atoms with van der Waals surface area (Å²) < 4.78 is 40.7. The molecule has 0 atom stereocenters. The van der Waals surface area contributed by atoms with Gasteiger partial charge in [0.05, 0.1) is 25.8 Å². The summed E-state index contributed by atoms with van der Waals surface area (Å²) in [5.74, 6) is -0.567. The van der Waals surface area contributed by atoms with Gasteiger partial charge in [-0.05, 0) is 58.7 Å². The van der Waals surface area contributed by atoms with Crippen LogP contribution < -0.4 is 10.5 Å². The van der Waals surface area contributed by atoms with Crippen molar-refractivity contribution in [1.82, 2.24) is 0 Å². The summed E-state index contributed by atoms with van der Waals surface area (Å²) in [6.07, 6.45) is 0. The molecule has 0 aromatic heterocycles. The van der Waals surface area contributed by atoms with Crippen LogP contribution in [-0.4, -0.2) is 8.42 Å². The second-order valence-corrected chi connectivity index (χ2v) is 7.29. The predicted molar refractivity (Wildman–Crippen MR) is 85.5 cm³/mol. The van der Waals surface area contributed by atoms with Crippen molar-refractivity contribution in [2.24, 2.45) is 0 Å². The average molecular weight is 394 g/mol. The van der Waals surface area contributed by atoms with Crippen molar-refractivity contribution in [2.45, 2.75) is 11.8 Å². The van der Waals surface area contributed by atoms with E-state index >= 15 is 0 Å². The smallest absolute Gasteiger partial charge is 0.262 e. The minimum Gasteiger partial charge on any atom is -0.397 e. The van der Waals surface area contributed by atoms with Gasteiger partial charge in [0.25, 0.3) is 10.0 Å². The Balaban J connectivity index is 2.43. The molecule has 0 spiro atoms. The van der Waals surface area contributed by atoms with Crippen molar-refractivity contribution < 1.29 is 12.8 Å². The van der Waals surface area contributed by atoms with Crippen LogP contribution in [0.25, 0.3) is 0 Å². The lowest BCUT2D eigenvalue weighted by molar-refractivity contribution is 0.600. The third-order valence-corrected chi connectivity index (χ3v) is 5.25. The molecule has 0 bridgehead atoms. The zero-order valence-electron chi connectivity index (χ0n) is 10.8. The SMILES string of the molecule is Cc1cc(Cl)c(N)cc1S(=O)(=O)Nc1ccc(Br)c(F)c1. The van der Waals surface area contributed by atoms with Gasteiger partial charge in [0.1, 0.15) is 5.82 Å². The Labute approximate surface area is 135 Å². The van der Waals surface area contributed by atoms with Gasteiger partial charge in [-0.15, -0.1) is 0 Å². The number of benzene rings is 2. The van der Waals surface area contributed by atoms with Crippen LogP contribution in [0, 0.1) is 12.7 Å². The van der Waals surface area contributed by atoms with Crippen LogP contribution in [0.5, 0.6) is 0 Å². The molecule has 8 heteroatoms. The minimum atomic E-state index is -3.88. The van der Waals surface area contributed by atoms with Crippen molar-refractivity contribution in [3.63, 3.8) is 0 Å². The molecule has 0 amide bonds. The van der Waals surface area contributed by atoms with Crippen molar-refractivity contribution in [2.75, 3.05) is 10.5 Å². The third-order valence-electron chi connectivity index (χ3n) is 2.76. The molecule has 3 N–H and O–H groups in total. The highest BCUT2D eigenvalue weighted by molar-refractivity contribution is 9.10. The van der Waals surface area contributed by atoms with Gasteiger partial charge in [-0.2, -0.15) is 0 Å². The van der Waals surface area contributed by atoms with Crippen LogP contribution in [0.3, 0.4) is 0 Å². The van der Waals surface area contributed by atoms with Crippen molar-refractivity contribution in [3.8, 4) is 0 Å². The van der Waals surface area contributed by atoms with Crippen LogP contribution >= 0.6 is 27.5 Å². The highest BCUT2D eigenvalue weighted by atomic mass is 79.9. The second kappa shape index (κ2) is 5.82. The monoisotopic (exact) mass is 392 g/mol. The van der Waals surface area contributed by atoms with E-state index in [9.17, 15) is 12.8 Å². The van der Waals surface area contributed by atoms with Gasteiger partial charge in [-0.1, -0.05) is 11.6 Å². The fourth-order valence-corrected chi connectivity index (χ4v) is 3.50. The molecule has 2 aromatic rings. The summed E-state index contributed by atoms with van der Waals surface area (Å²) in [5.41, 5.74) is 6.35. The van der Waals surface area contributed by atoms with Crippen molar-refractivity contribution in [1.29, 1.82) is 0 Å². The lowest BCUT2D eigenvalue weighted by Crippen LogP contribution is -2.15. The van der Waals surface area contributed by atoms with Gasteiger partial charge in [-0.25, -0.2) is 12.8 Å². The van der Waals surface area contributed by atoms with Gasteiger partial charge in [0.2, 0.25) is 0 Å². The number of nitrogen functional groups attached to an aromatic ring is 1. The minimum absolute atomic E-state index is 0.00673. The number of halogens is 3. The van der Waals surface area contributed by atoms with E-state index in [1.165, 1.54) is 24.3 Å². The molecule has 0 heterocycles. The van der Waals surface area contributed by atoms with E-state index in [0.29, 0.717) is 5.56 Å². The van der Waals surface area contributed by atoms with E-state index in [0.717, 1.165) is 6.07 Å². The molecule has 4 nitrogen and oxygen atoms in total. The molecule has 0 fully saturated rings. The summed E-state index contributed by atoms with van der Waals surface area (Å²) in [6, 6.07) is 6.68. The van der Waals surface area contributed by atoms with Crippen LogP contribution in [0.15, 0.2) is 39.7 Å². The fraction of sp³-hybridized carbons (Fsp3) is 0.0769. The zero-order valence-corrected chi connectivity index (χ0v) is 14.0. The number of nitrogens with two attached hydrogens (primary N) is 1. The highest BCUT2D eigenvalue weighted by Crippen LogP contribution is 2.28. The normalized spacial score (nSPS) is 11.4. The number of aryl methyl sites for hydroxylation is 1. The van der Waals surface area contributed by atoms with Crippen molar-refractivity contribution in [3.05, 3.63) is 51.2 Å². The molecule has 0 saturated carbocycles. The molecule has 0 saturated heterocycles. The number of sulfonamides is 1. The molecule has 0 aliphatic carbocycles.